The number of rotatable bonds is 6. The van der Waals surface area contributed by atoms with Gasteiger partial charge in [-0.05, 0) is 30.7 Å². The Morgan fingerprint density at radius 1 is 1.21 bits per heavy atom. The smallest absolute Gasteiger partial charge is 0.338 e. The minimum absolute atomic E-state index is 0.357. The molecule has 1 aromatic carbocycles. The Bertz CT molecular complexity index is 466. The van der Waals surface area contributed by atoms with Crippen LogP contribution in [0.15, 0.2) is 24.3 Å². The van der Waals surface area contributed by atoms with Gasteiger partial charge in [-0.1, -0.05) is 6.92 Å². The van der Waals surface area contributed by atoms with Crippen LogP contribution in [0.3, 0.4) is 0 Å². The van der Waals surface area contributed by atoms with E-state index in [1.54, 1.807) is 0 Å². The van der Waals surface area contributed by atoms with E-state index >= 15 is 0 Å². The summed E-state index contributed by atoms with van der Waals surface area (Å²) in [6.45, 7) is 2.25. The van der Waals surface area contributed by atoms with Gasteiger partial charge in [-0.15, -0.1) is 0 Å². The quantitative estimate of drug-likeness (QED) is 0.602. The minimum atomic E-state index is -1.20. The van der Waals surface area contributed by atoms with Crippen molar-refractivity contribution in [2.75, 3.05) is 11.9 Å². The van der Waals surface area contributed by atoms with E-state index in [1.165, 1.54) is 24.3 Å². The summed E-state index contributed by atoms with van der Waals surface area (Å²) < 4.78 is 4.95. The van der Waals surface area contributed by atoms with Gasteiger partial charge in [0.05, 0.1) is 12.2 Å². The Labute approximate surface area is 110 Å². The Hall–Kier alpha value is -2.37. The summed E-state index contributed by atoms with van der Waals surface area (Å²) in [5.74, 6) is -2.24. The molecule has 1 aromatic rings. The number of hydrogen-bond acceptors (Lipinski definition) is 4. The monoisotopic (exact) mass is 265 g/mol. The molecule has 0 saturated heterocycles. The number of carboxylic acids is 1. The van der Waals surface area contributed by atoms with E-state index < -0.39 is 24.3 Å². The molecule has 0 saturated carbocycles. The summed E-state index contributed by atoms with van der Waals surface area (Å²) in [6, 6.07) is 6.05. The number of amides is 1. The van der Waals surface area contributed by atoms with Gasteiger partial charge in [0.15, 0.2) is 0 Å². The molecule has 102 valence electrons. The van der Waals surface area contributed by atoms with Crippen molar-refractivity contribution in [1.82, 2.24) is 0 Å². The molecule has 0 bridgehead atoms. The van der Waals surface area contributed by atoms with Crippen LogP contribution >= 0.6 is 0 Å². The average Bonchev–Trinajstić information content (AvgIpc) is 2.35. The highest BCUT2D eigenvalue weighted by Gasteiger charge is 2.09. The molecule has 0 aromatic heterocycles. The molecule has 0 aliphatic rings. The van der Waals surface area contributed by atoms with E-state index in [9.17, 15) is 14.4 Å². The van der Waals surface area contributed by atoms with Gasteiger partial charge in [0.1, 0.15) is 6.42 Å². The number of nitrogens with one attached hydrogen (secondary N) is 1. The van der Waals surface area contributed by atoms with Crippen molar-refractivity contribution in [3.63, 3.8) is 0 Å². The van der Waals surface area contributed by atoms with E-state index in [0.29, 0.717) is 17.9 Å². The summed E-state index contributed by atoms with van der Waals surface area (Å²) in [6.07, 6.45) is 0.148. The molecular weight excluding hydrogens is 250 g/mol. The molecule has 19 heavy (non-hydrogen) atoms. The first kappa shape index (κ1) is 14.7. The molecule has 1 amide bonds. The van der Waals surface area contributed by atoms with E-state index in [4.69, 9.17) is 9.84 Å². The SMILES string of the molecule is CCCOC(=O)c1ccc(NC(=O)CC(=O)O)cc1. The first-order valence-electron chi connectivity index (χ1n) is 5.81. The molecule has 0 aliphatic carbocycles. The van der Waals surface area contributed by atoms with Crippen LogP contribution in [0.1, 0.15) is 30.1 Å². The fourth-order valence-corrected chi connectivity index (χ4v) is 1.31. The van der Waals surface area contributed by atoms with Crippen LogP contribution in [0, 0.1) is 0 Å². The third-order valence-electron chi connectivity index (χ3n) is 2.15. The number of carbonyl (C=O) groups is 3. The molecule has 6 nitrogen and oxygen atoms in total. The van der Waals surface area contributed by atoms with Crippen LogP contribution in [-0.2, 0) is 14.3 Å². The number of carboxylic acid groups (broad SMARTS) is 1. The molecule has 0 spiro atoms. The van der Waals surface area contributed by atoms with E-state index in [-0.39, 0.29) is 0 Å². The standard InChI is InChI=1S/C13H15NO5/c1-2-7-19-13(18)9-3-5-10(6-4-9)14-11(15)8-12(16)17/h3-6H,2,7-8H2,1H3,(H,14,15)(H,16,17). The molecule has 1 rings (SSSR count). The van der Waals surface area contributed by atoms with Crippen molar-refractivity contribution in [1.29, 1.82) is 0 Å². The average molecular weight is 265 g/mol. The third-order valence-corrected chi connectivity index (χ3v) is 2.15. The molecule has 0 fully saturated rings. The maximum Gasteiger partial charge on any atom is 0.338 e. The van der Waals surface area contributed by atoms with Crippen LogP contribution in [-0.4, -0.2) is 29.6 Å². The fourth-order valence-electron chi connectivity index (χ4n) is 1.31. The zero-order chi connectivity index (χ0) is 14.3. The zero-order valence-electron chi connectivity index (χ0n) is 10.5. The minimum Gasteiger partial charge on any atom is -0.481 e. The van der Waals surface area contributed by atoms with Crippen LogP contribution < -0.4 is 5.32 Å². The van der Waals surface area contributed by atoms with E-state index in [2.05, 4.69) is 5.32 Å². The Morgan fingerprint density at radius 3 is 2.37 bits per heavy atom. The van der Waals surface area contributed by atoms with Gasteiger partial charge in [0.25, 0.3) is 0 Å². The predicted octanol–water partition coefficient (Wildman–Crippen LogP) is 1.67. The summed E-state index contributed by atoms with van der Waals surface area (Å²) in [5, 5.41) is 10.8. The molecule has 6 heteroatoms. The lowest BCUT2D eigenvalue weighted by atomic mass is 10.2. The van der Waals surface area contributed by atoms with Crippen molar-refractivity contribution in [2.45, 2.75) is 19.8 Å². The maximum atomic E-state index is 11.5. The number of benzene rings is 1. The zero-order valence-corrected chi connectivity index (χ0v) is 10.5. The lowest BCUT2D eigenvalue weighted by molar-refractivity contribution is -0.139. The summed E-state index contributed by atoms with van der Waals surface area (Å²) in [7, 11) is 0. The predicted molar refractivity (Wildman–Crippen MR) is 67.9 cm³/mol. The molecular formula is C13H15NO5. The lowest BCUT2D eigenvalue weighted by Gasteiger charge is -2.05. The first-order valence-corrected chi connectivity index (χ1v) is 5.81. The third kappa shape index (κ3) is 5.20. The second-order valence-electron chi connectivity index (χ2n) is 3.83. The summed E-state index contributed by atoms with van der Waals surface area (Å²) in [5.41, 5.74) is 0.808. The number of hydrogen-bond donors (Lipinski definition) is 2. The molecule has 0 unspecified atom stereocenters. The number of esters is 1. The van der Waals surface area contributed by atoms with Crippen LogP contribution in [0.4, 0.5) is 5.69 Å². The highest BCUT2D eigenvalue weighted by molar-refractivity contribution is 6.01. The fraction of sp³-hybridized carbons (Fsp3) is 0.308. The molecule has 0 aliphatic heterocycles. The Kier molecular flexibility index (Phi) is 5.53. The molecule has 2 N–H and O–H groups in total. The molecule has 0 atom stereocenters. The lowest BCUT2D eigenvalue weighted by Crippen LogP contribution is -2.16. The van der Waals surface area contributed by atoms with Gasteiger partial charge in [0, 0.05) is 5.69 Å². The summed E-state index contributed by atoms with van der Waals surface area (Å²) in [4.78, 5) is 33.0. The second kappa shape index (κ2) is 7.15. The van der Waals surface area contributed by atoms with Gasteiger partial charge in [-0.2, -0.15) is 0 Å². The number of aliphatic carboxylic acids is 1. The first-order chi connectivity index (χ1) is 9.02. The van der Waals surface area contributed by atoms with Gasteiger partial charge in [-0.25, -0.2) is 4.79 Å². The normalized spacial score (nSPS) is 9.74. The maximum absolute atomic E-state index is 11.5. The Balaban J connectivity index is 2.58. The van der Waals surface area contributed by atoms with Crippen molar-refractivity contribution in [3.05, 3.63) is 29.8 Å². The van der Waals surface area contributed by atoms with Gasteiger partial charge in [-0.3, -0.25) is 9.59 Å². The van der Waals surface area contributed by atoms with Crippen LogP contribution in [0.5, 0.6) is 0 Å². The Morgan fingerprint density at radius 2 is 1.84 bits per heavy atom. The number of carbonyl (C=O) groups excluding carboxylic acids is 2. The number of anilines is 1. The highest BCUT2D eigenvalue weighted by atomic mass is 16.5. The highest BCUT2D eigenvalue weighted by Crippen LogP contribution is 2.11. The topological polar surface area (TPSA) is 92.7 Å². The van der Waals surface area contributed by atoms with Gasteiger partial charge in [0.2, 0.25) is 5.91 Å². The van der Waals surface area contributed by atoms with Crippen molar-refractivity contribution < 1.29 is 24.2 Å². The molecule has 0 heterocycles. The largest absolute Gasteiger partial charge is 0.481 e. The molecule has 0 radical (unpaired) electrons. The van der Waals surface area contributed by atoms with Gasteiger partial charge < -0.3 is 15.2 Å². The van der Waals surface area contributed by atoms with E-state index in [0.717, 1.165) is 6.42 Å². The number of ether oxygens (including phenoxy) is 1. The van der Waals surface area contributed by atoms with Crippen LogP contribution in [0.25, 0.3) is 0 Å². The van der Waals surface area contributed by atoms with Crippen molar-refractivity contribution >= 4 is 23.5 Å². The second-order valence-corrected chi connectivity index (χ2v) is 3.83. The summed E-state index contributed by atoms with van der Waals surface area (Å²) >= 11 is 0. The van der Waals surface area contributed by atoms with E-state index in [1.807, 2.05) is 6.92 Å². The van der Waals surface area contributed by atoms with Crippen molar-refractivity contribution in [2.24, 2.45) is 0 Å². The van der Waals surface area contributed by atoms with Crippen molar-refractivity contribution in [3.8, 4) is 0 Å². The van der Waals surface area contributed by atoms with Gasteiger partial charge >= 0.3 is 11.9 Å². The van der Waals surface area contributed by atoms with Crippen LogP contribution in [0.2, 0.25) is 0 Å².